The second-order valence-corrected chi connectivity index (χ2v) is 7.47. The average Bonchev–Trinajstić information content (AvgIpc) is 2.77. The summed E-state index contributed by atoms with van der Waals surface area (Å²) in [7, 11) is 0. The van der Waals surface area contributed by atoms with Crippen LogP contribution in [-0.4, -0.2) is 11.9 Å². The van der Waals surface area contributed by atoms with Gasteiger partial charge in [-0.15, -0.1) is 11.3 Å². The molecule has 0 saturated carbocycles. The topological polar surface area (TPSA) is 64.9 Å². The predicted molar refractivity (Wildman–Crippen MR) is 98.4 cm³/mol. The highest BCUT2D eigenvalue weighted by molar-refractivity contribution is 7.16. The normalized spacial score (nSPS) is 14.7. The Morgan fingerprint density at radius 2 is 2.00 bits per heavy atom. The molecule has 0 saturated heterocycles. The van der Waals surface area contributed by atoms with E-state index in [0.717, 1.165) is 49.8 Å². The number of halogens is 2. The van der Waals surface area contributed by atoms with Crippen LogP contribution in [0.15, 0.2) is 18.2 Å². The van der Waals surface area contributed by atoms with E-state index in [1.165, 1.54) is 22.3 Å². The number of aryl methyl sites for hydroxylation is 1. The monoisotopic (exact) mass is 375 g/mol. The molecule has 136 valence electrons. The van der Waals surface area contributed by atoms with E-state index in [2.05, 4.69) is 16.7 Å². The van der Waals surface area contributed by atoms with Crippen LogP contribution >= 0.6 is 11.3 Å². The van der Waals surface area contributed by atoms with Crippen molar-refractivity contribution in [3.05, 3.63) is 45.8 Å². The SMILES string of the molecule is CC(Nc1ccc(F)c(F)c1)C(=O)Nc1sc2c(c1C#N)CCCCC2. The standard InChI is InChI=1S/C19H19F2N3OS/c1-11(23-12-7-8-15(20)16(21)9-12)18(25)24-19-14(10-22)13-5-3-2-4-6-17(13)26-19/h7-9,11,23H,2-6H2,1H3,(H,24,25). The van der Waals surface area contributed by atoms with Crippen LogP contribution in [-0.2, 0) is 17.6 Å². The summed E-state index contributed by atoms with van der Waals surface area (Å²) in [6, 6.07) is 4.94. The minimum Gasteiger partial charge on any atom is -0.374 e. The zero-order valence-electron chi connectivity index (χ0n) is 14.4. The molecule has 7 heteroatoms. The van der Waals surface area contributed by atoms with E-state index in [9.17, 15) is 18.8 Å². The summed E-state index contributed by atoms with van der Waals surface area (Å²) in [5, 5.41) is 15.7. The zero-order valence-corrected chi connectivity index (χ0v) is 15.2. The summed E-state index contributed by atoms with van der Waals surface area (Å²) >= 11 is 1.46. The van der Waals surface area contributed by atoms with E-state index in [-0.39, 0.29) is 5.91 Å². The third-order valence-electron chi connectivity index (χ3n) is 4.47. The fourth-order valence-corrected chi connectivity index (χ4v) is 4.31. The summed E-state index contributed by atoms with van der Waals surface area (Å²) in [5.41, 5.74) is 1.93. The molecule has 4 nitrogen and oxygen atoms in total. The average molecular weight is 375 g/mol. The summed E-state index contributed by atoms with van der Waals surface area (Å²) in [5.74, 6) is -2.24. The van der Waals surface area contributed by atoms with Crippen LogP contribution < -0.4 is 10.6 Å². The van der Waals surface area contributed by atoms with Gasteiger partial charge < -0.3 is 10.6 Å². The first-order chi connectivity index (χ1) is 12.5. The van der Waals surface area contributed by atoms with Crippen molar-refractivity contribution in [1.29, 1.82) is 5.26 Å². The summed E-state index contributed by atoms with van der Waals surface area (Å²) in [6.07, 6.45) is 5.11. The van der Waals surface area contributed by atoms with Gasteiger partial charge in [-0.3, -0.25) is 4.79 Å². The fourth-order valence-electron chi connectivity index (χ4n) is 3.07. The highest BCUT2D eigenvalue weighted by Gasteiger charge is 2.22. The van der Waals surface area contributed by atoms with Gasteiger partial charge in [0.1, 0.15) is 17.1 Å². The number of nitrogens with zero attached hydrogens (tertiary/aromatic N) is 1. The molecule has 1 atom stereocenters. The Kier molecular flexibility index (Phi) is 5.52. The van der Waals surface area contributed by atoms with Crippen LogP contribution in [0.2, 0.25) is 0 Å². The maximum absolute atomic E-state index is 13.3. The molecule has 0 fully saturated rings. The van der Waals surface area contributed by atoms with E-state index in [0.29, 0.717) is 16.3 Å². The minimum atomic E-state index is -0.976. The molecule has 1 amide bonds. The number of nitrogens with one attached hydrogen (secondary N) is 2. The van der Waals surface area contributed by atoms with E-state index in [1.54, 1.807) is 6.92 Å². The van der Waals surface area contributed by atoms with E-state index < -0.39 is 17.7 Å². The number of carbonyl (C=O) groups is 1. The number of hydrogen-bond donors (Lipinski definition) is 2. The van der Waals surface area contributed by atoms with Crippen molar-refractivity contribution >= 4 is 27.9 Å². The molecular weight excluding hydrogens is 356 g/mol. The molecule has 1 aromatic carbocycles. The van der Waals surface area contributed by atoms with Crippen LogP contribution in [0.1, 0.15) is 42.2 Å². The van der Waals surface area contributed by atoms with Crippen molar-refractivity contribution in [2.24, 2.45) is 0 Å². The van der Waals surface area contributed by atoms with Gasteiger partial charge in [0, 0.05) is 16.6 Å². The molecule has 1 unspecified atom stereocenters. The van der Waals surface area contributed by atoms with Crippen molar-refractivity contribution < 1.29 is 13.6 Å². The van der Waals surface area contributed by atoms with E-state index in [4.69, 9.17) is 0 Å². The van der Waals surface area contributed by atoms with Crippen molar-refractivity contribution in [1.82, 2.24) is 0 Å². The van der Waals surface area contributed by atoms with Crippen LogP contribution in [0.4, 0.5) is 19.5 Å². The summed E-state index contributed by atoms with van der Waals surface area (Å²) in [4.78, 5) is 13.6. The van der Waals surface area contributed by atoms with Crippen molar-refractivity contribution in [2.75, 3.05) is 10.6 Å². The molecular formula is C19H19F2N3OS. The molecule has 26 heavy (non-hydrogen) atoms. The zero-order chi connectivity index (χ0) is 18.7. The number of rotatable bonds is 4. The van der Waals surface area contributed by atoms with Crippen molar-refractivity contribution in [2.45, 2.75) is 45.1 Å². The van der Waals surface area contributed by atoms with Gasteiger partial charge in [-0.25, -0.2) is 8.78 Å². The van der Waals surface area contributed by atoms with Crippen molar-refractivity contribution in [3.63, 3.8) is 0 Å². The number of anilines is 2. The number of fused-ring (bicyclic) bond motifs is 1. The molecule has 1 aliphatic rings. The molecule has 1 aromatic heterocycles. The van der Waals surface area contributed by atoms with Gasteiger partial charge in [0.15, 0.2) is 11.6 Å². The molecule has 3 rings (SSSR count). The highest BCUT2D eigenvalue weighted by atomic mass is 32.1. The first-order valence-corrected chi connectivity index (χ1v) is 9.38. The number of thiophene rings is 1. The van der Waals surface area contributed by atoms with Gasteiger partial charge in [-0.2, -0.15) is 5.26 Å². The maximum atomic E-state index is 13.3. The molecule has 0 bridgehead atoms. The number of carbonyl (C=O) groups excluding carboxylic acids is 1. The lowest BCUT2D eigenvalue weighted by molar-refractivity contribution is -0.116. The smallest absolute Gasteiger partial charge is 0.247 e. The van der Waals surface area contributed by atoms with E-state index >= 15 is 0 Å². The second kappa shape index (κ2) is 7.83. The Labute approximate surface area is 154 Å². The molecule has 1 heterocycles. The first kappa shape index (κ1) is 18.3. The lowest BCUT2D eigenvalue weighted by Gasteiger charge is -2.15. The maximum Gasteiger partial charge on any atom is 0.247 e. The lowest BCUT2D eigenvalue weighted by atomic mass is 10.1. The number of hydrogen-bond acceptors (Lipinski definition) is 4. The van der Waals surface area contributed by atoms with Gasteiger partial charge >= 0.3 is 0 Å². The Morgan fingerprint density at radius 1 is 1.23 bits per heavy atom. The number of benzene rings is 1. The van der Waals surface area contributed by atoms with Gasteiger partial charge in [0.25, 0.3) is 0 Å². The number of nitriles is 1. The largest absolute Gasteiger partial charge is 0.374 e. The third kappa shape index (κ3) is 3.86. The summed E-state index contributed by atoms with van der Waals surface area (Å²) in [6.45, 7) is 1.63. The molecule has 0 aliphatic heterocycles. The fraction of sp³-hybridized carbons (Fsp3) is 0.368. The quantitative estimate of drug-likeness (QED) is 0.767. The molecule has 2 aromatic rings. The number of amides is 1. The van der Waals surface area contributed by atoms with Gasteiger partial charge in [0.05, 0.1) is 5.56 Å². The molecule has 0 spiro atoms. The van der Waals surface area contributed by atoms with Gasteiger partial charge in [-0.05, 0) is 50.3 Å². The molecule has 2 N–H and O–H groups in total. The lowest BCUT2D eigenvalue weighted by Crippen LogP contribution is -2.31. The van der Waals surface area contributed by atoms with Gasteiger partial charge in [-0.1, -0.05) is 6.42 Å². The third-order valence-corrected chi connectivity index (χ3v) is 5.67. The van der Waals surface area contributed by atoms with Gasteiger partial charge in [0.2, 0.25) is 5.91 Å². The van der Waals surface area contributed by atoms with Crippen LogP contribution in [0, 0.1) is 23.0 Å². The molecule has 1 aliphatic carbocycles. The van der Waals surface area contributed by atoms with Crippen LogP contribution in [0.25, 0.3) is 0 Å². The second-order valence-electron chi connectivity index (χ2n) is 6.36. The first-order valence-electron chi connectivity index (χ1n) is 8.56. The van der Waals surface area contributed by atoms with E-state index in [1.807, 2.05) is 0 Å². The minimum absolute atomic E-state index is 0.314. The predicted octanol–water partition coefficient (Wildman–Crippen LogP) is 4.61. The Balaban J connectivity index is 1.73. The summed E-state index contributed by atoms with van der Waals surface area (Å²) < 4.78 is 26.3. The highest BCUT2D eigenvalue weighted by Crippen LogP contribution is 2.37. The van der Waals surface area contributed by atoms with Crippen LogP contribution in [0.3, 0.4) is 0 Å². The molecule has 0 radical (unpaired) electrons. The van der Waals surface area contributed by atoms with Crippen molar-refractivity contribution in [3.8, 4) is 6.07 Å². The Hall–Kier alpha value is -2.46. The Morgan fingerprint density at radius 3 is 2.73 bits per heavy atom. The van der Waals surface area contributed by atoms with Crippen LogP contribution in [0.5, 0.6) is 0 Å². The Bertz CT molecular complexity index is 872.